The van der Waals surface area contributed by atoms with Gasteiger partial charge in [-0.05, 0) is 24.3 Å². The first kappa shape index (κ1) is 16.9. The van der Waals surface area contributed by atoms with Gasteiger partial charge < -0.3 is 15.1 Å². The van der Waals surface area contributed by atoms with Gasteiger partial charge in [0, 0.05) is 31.1 Å². The lowest BCUT2D eigenvalue weighted by atomic mass is 10.2. The fraction of sp³-hybridized carbons (Fsp3) is 0.353. The van der Waals surface area contributed by atoms with E-state index in [1.54, 1.807) is 18.4 Å². The molecule has 1 aromatic carbocycles. The second-order valence-electron chi connectivity index (χ2n) is 5.49. The average molecular weight is 349 g/mol. The molecule has 2 heterocycles. The Labute approximate surface area is 144 Å². The van der Waals surface area contributed by atoms with Gasteiger partial charge in [0.1, 0.15) is 11.6 Å². The van der Waals surface area contributed by atoms with E-state index in [4.69, 9.17) is 4.42 Å². The highest BCUT2D eigenvalue weighted by Gasteiger charge is 2.25. The Kier molecular flexibility index (Phi) is 5.77. The molecule has 0 unspecified atom stereocenters. The molecule has 0 spiro atoms. The maximum atomic E-state index is 13.6. The molecule has 3 rings (SSSR count). The largest absolute Gasteiger partial charge is 0.468 e. The van der Waals surface area contributed by atoms with Crippen molar-refractivity contribution in [1.29, 1.82) is 0 Å². The molecule has 5 nitrogen and oxygen atoms in total. The Bertz CT molecular complexity index is 660. The first-order chi connectivity index (χ1) is 11.7. The van der Waals surface area contributed by atoms with Gasteiger partial charge in [-0.1, -0.05) is 12.1 Å². The number of carbonyl (C=O) groups is 1. The van der Waals surface area contributed by atoms with Crippen LogP contribution >= 0.6 is 11.8 Å². The van der Waals surface area contributed by atoms with Crippen LogP contribution in [0.25, 0.3) is 0 Å². The van der Waals surface area contributed by atoms with Crippen molar-refractivity contribution in [3.63, 3.8) is 0 Å². The molecule has 0 radical (unpaired) electrons. The number of furan rings is 1. The summed E-state index contributed by atoms with van der Waals surface area (Å²) >= 11 is 1.93. The summed E-state index contributed by atoms with van der Waals surface area (Å²) in [5.74, 6) is 2.51. The van der Waals surface area contributed by atoms with Crippen LogP contribution < -0.4 is 10.6 Å². The number of halogens is 1. The van der Waals surface area contributed by atoms with Gasteiger partial charge in [0.05, 0.1) is 18.0 Å². The highest BCUT2D eigenvalue weighted by atomic mass is 32.2. The molecule has 0 bridgehead atoms. The molecule has 1 atom stereocenters. The van der Waals surface area contributed by atoms with Crippen LogP contribution in [-0.2, 0) is 0 Å². The minimum absolute atomic E-state index is 0.0210. The first-order valence-electron chi connectivity index (χ1n) is 7.88. The monoisotopic (exact) mass is 349 g/mol. The maximum absolute atomic E-state index is 13.6. The van der Waals surface area contributed by atoms with Crippen molar-refractivity contribution in [3.05, 3.63) is 54.2 Å². The van der Waals surface area contributed by atoms with E-state index in [2.05, 4.69) is 15.5 Å². The fourth-order valence-corrected chi connectivity index (χ4v) is 3.63. The maximum Gasteiger partial charge on any atom is 0.319 e. The van der Waals surface area contributed by atoms with E-state index in [9.17, 15) is 9.18 Å². The third kappa shape index (κ3) is 4.30. The number of hydrogen-bond donors (Lipinski definition) is 2. The minimum atomic E-state index is -0.455. The topological polar surface area (TPSA) is 57.5 Å². The van der Waals surface area contributed by atoms with Crippen molar-refractivity contribution >= 4 is 23.5 Å². The lowest BCUT2D eigenvalue weighted by Crippen LogP contribution is -2.42. The third-order valence-electron chi connectivity index (χ3n) is 3.94. The van der Waals surface area contributed by atoms with Crippen LogP contribution in [0.2, 0.25) is 0 Å². The van der Waals surface area contributed by atoms with Crippen LogP contribution in [0.5, 0.6) is 0 Å². The van der Waals surface area contributed by atoms with E-state index < -0.39 is 11.8 Å². The Morgan fingerprint density at radius 2 is 2.04 bits per heavy atom. The standard InChI is InChI=1S/C17H20FN3O2S/c18-13-4-1-2-5-14(13)20-17(22)19-12-15(16-6-3-9-23-16)21-7-10-24-11-8-21/h1-6,9,15H,7-8,10-12H2,(H2,19,20,22)/t15-/m0/s1. The third-order valence-corrected chi connectivity index (χ3v) is 4.88. The van der Waals surface area contributed by atoms with Crippen LogP contribution in [0.3, 0.4) is 0 Å². The number of thioether (sulfide) groups is 1. The molecular weight excluding hydrogens is 329 g/mol. The zero-order chi connectivity index (χ0) is 16.8. The first-order valence-corrected chi connectivity index (χ1v) is 9.04. The Morgan fingerprint density at radius 3 is 2.75 bits per heavy atom. The van der Waals surface area contributed by atoms with Gasteiger partial charge in [0.2, 0.25) is 0 Å². The number of hydrogen-bond acceptors (Lipinski definition) is 4. The molecule has 24 heavy (non-hydrogen) atoms. The molecule has 1 aliphatic rings. The number of nitrogens with zero attached hydrogens (tertiary/aromatic N) is 1. The van der Waals surface area contributed by atoms with Gasteiger partial charge in [-0.15, -0.1) is 0 Å². The van der Waals surface area contributed by atoms with Crippen LogP contribution in [0.15, 0.2) is 47.1 Å². The molecule has 128 valence electrons. The van der Waals surface area contributed by atoms with E-state index in [1.165, 1.54) is 12.1 Å². The number of anilines is 1. The second kappa shape index (κ2) is 8.21. The van der Waals surface area contributed by atoms with Gasteiger partial charge in [0.25, 0.3) is 0 Å². The predicted molar refractivity (Wildman–Crippen MR) is 93.8 cm³/mol. The number of urea groups is 1. The number of nitrogens with one attached hydrogen (secondary N) is 2. The quantitative estimate of drug-likeness (QED) is 0.869. The summed E-state index contributed by atoms with van der Waals surface area (Å²) in [4.78, 5) is 14.4. The van der Waals surface area contributed by atoms with E-state index in [1.807, 2.05) is 23.9 Å². The number of benzene rings is 1. The van der Waals surface area contributed by atoms with Crippen molar-refractivity contribution in [2.75, 3.05) is 36.5 Å². The molecule has 2 aromatic rings. The van der Waals surface area contributed by atoms with E-state index in [0.717, 1.165) is 30.4 Å². The molecule has 1 aliphatic heterocycles. The molecule has 2 N–H and O–H groups in total. The number of para-hydroxylation sites is 1. The SMILES string of the molecule is O=C(NC[C@@H](c1ccco1)N1CCSCC1)Nc1ccccc1F. The van der Waals surface area contributed by atoms with Crippen molar-refractivity contribution in [3.8, 4) is 0 Å². The van der Waals surface area contributed by atoms with Crippen LogP contribution in [-0.4, -0.2) is 42.1 Å². The van der Waals surface area contributed by atoms with Gasteiger partial charge in [-0.25, -0.2) is 9.18 Å². The molecule has 7 heteroatoms. The summed E-state index contributed by atoms with van der Waals surface area (Å²) in [6, 6.07) is 9.42. The summed E-state index contributed by atoms with van der Waals surface area (Å²) in [5.41, 5.74) is 0.166. The number of amides is 2. The highest BCUT2D eigenvalue weighted by molar-refractivity contribution is 7.99. The minimum Gasteiger partial charge on any atom is -0.468 e. The van der Waals surface area contributed by atoms with Crippen molar-refractivity contribution in [2.24, 2.45) is 0 Å². The lowest BCUT2D eigenvalue weighted by molar-refractivity contribution is 0.187. The summed E-state index contributed by atoms with van der Waals surface area (Å²) in [7, 11) is 0. The summed E-state index contributed by atoms with van der Waals surface area (Å²) in [6.45, 7) is 2.30. The number of rotatable bonds is 5. The molecule has 0 saturated carbocycles. The van der Waals surface area contributed by atoms with E-state index >= 15 is 0 Å². The molecule has 0 aliphatic carbocycles. The Morgan fingerprint density at radius 1 is 1.25 bits per heavy atom. The normalized spacial score (nSPS) is 16.5. The highest BCUT2D eigenvalue weighted by Crippen LogP contribution is 2.24. The second-order valence-corrected chi connectivity index (χ2v) is 6.72. The average Bonchev–Trinajstić information content (AvgIpc) is 3.12. The zero-order valence-electron chi connectivity index (χ0n) is 13.2. The zero-order valence-corrected chi connectivity index (χ0v) is 14.0. The van der Waals surface area contributed by atoms with Gasteiger partial charge in [-0.3, -0.25) is 4.90 Å². The Hall–Kier alpha value is -1.99. The van der Waals surface area contributed by atoms with Gasteiger partial charge >= 0.3 is 6.03 Å². The van der Waals surface area contributed by atoms with E-state index in [0.29, 0.717) is 6.54 Å². The predicted octanol–water partition coefficient (Wildman–Crippen LogP) is 3.33. The smallest absolute Gasteiger partial charge is 0.319 e. The van der Waals surface area contributed by atoms with E-state index in [-0.39, 0.29) is 11.7 Å². The van der Waals surface area contributed by atoms with Crippen LogP contribution in [0, 0.1) is 5.82 Å². The van der Waals surface area contributed by atoms with Crippen molar-refractivity contribution in [1.82, 2.24) is 10.2 Å². The lowest BCUT2D eigenvalue weighted by Gasteiger charge is -2.33. The molecule has 1 aromatic heterocycles. The summed E-state index contributed by atoms with van der Waals surface area (Å²) in [5, 5.41) is 5.35. The molecular formula is C17H20FN3O2S. The molecule has 1 fully saturated rings. The Balaban J connectivity index is 1.61. The summed E-state index contributed by atoms with van der Waals surface area (Å²) < 4.78 is 19.1. The van der Waals surface area contributed by atoms with Crippen LogP contribution in [0.1, 0.15) is 11.8 Å². The fourth-order valence-electron chi connectivity index (χ4n) is 2.70. The van der Waals surface area contributed by atoms with Crippen LogP contribution in [0.4, 0.5) is 14.9 Å². The van der Waals surface area contributed by atoms with Crippen molar-refractivity contribution in [2.45, 2.75) is 6.04 Å². The number of carbonyl (C=O) groups excluding carboxylic acids is 1. The van der Waals surface area contributed by atoms with Crippen molar-refractivity contribution < 1.29 is 13.6 Å². The summed E-state index contributed by atoms with van der Waals surface area (Å²) in [6.07, 6.45) is 1.64. The molecule has 2 amide bonds. The van der Waals surface area contributed by atoms with Gasteiger partial charge in [-0.2, -0.15) is 11.8 Å². The van der Waals surface area contributed by atoms with Gasteiger partial charge in [0.15, 0.2) is 0 Å². The molecule has 1 saturated heterocycles.